The first-order valence-corrected chi connectivity index (χ1v) is 8.47. The number of nitrogens with zero attached hydrogens (tertiary/aromatic N) is 1. The summed E-state index contributed by atoms with van der Waals surface area (Å²) in [6.07, 6.45) is 0. The fourth-order valence-corrected chi connectivity index (χ4v) is 2.78. The van der Waals surface area contributed by atoms with E-state index in [0.717, 1.165) is 4.47 Å². The van der Waals surface area contributed by atoms with Gasteiger partial charge in [-0.1, -0.05) is 28.1 Å². The number of ether oxygens (including phenoxy) is 1. The number of nitrogens with one attached hydrogen (secondary N) is 1. The highest BCUT2D eigenvalue weighted by atomic mass is 79.9. The van der Waals surface area contributed by atoms with Crippen molar-refractivity contribution >= 4 is 33.4 Å². The SMILES string of the molecule is O=C(Nc1ccccc1C(=O)N1CCOCC1)c1ccc(Br)cc1. The van der Waals surface area contributed by atoms with Crippen molar-refractivity contribution in [1.29, 1.82) is 0 Å². The van der Waals surface area contributed by atoms with Crippen molar-refractivity contribution < 1.29 is 14.3 Å². The molecule has 0 saturated carbocycles. The third-order valence-corrected chi connectivity index (χ3v) is 4.34. The highest BCUT2D eigenvalue weighted by Gasteiger charge is 2.21. The van der Waals surface area contributed by atoms with Crippen LogP contribution >= 0.6 is 15.9 Å². The van der Waals surface area contributed by atoms with Gasteiger partial charge in [0, 0.05) is 23.1 Å². The predicted octanol–water partition coefficient (Wildman–Crippen LogP) is 3.17. The fourth-order valence-electron chi connectivity index (χ4n) is 2.51. The molecule has 1 heterocycles. The summed E-state index contributed by atoms with van der Waals surface area (Å²) < 4.78 is 6.19. The molecule has 1 fully saturated rings. The van der Waals surface area contributed by atoms with Crippen molar-refractivity contribution in [2.24, 2.45) is 0 Å². The smallest absolute Gasteiger partial charge is 0.256 e. The Morgan fingerprint density at radius 3 is 2.38 bits per heavy atom. The Balaban J connectivity index is 1.79. The van der Waals surface area contributed by atoms with Crippen LogP contribution < -0.4 is 5.32 Å². The van der Waals surface area contributed by atoms with Crippen molar-refractivity contribution in [1.82, 2.24) is 4.90 Å². The second-order valence-corrected chi connectivity index (χ2v) is 6.33. The Labute approximate surface area is 148 Å². The van der Waals surface area contributed by atoms with Crippen LogP contribution in [-0.2, 0) is 4.74 Å². The zero-order valence-electron chi connectivity index (χ0n) is 13.0. The van der Waals surface area contributed by atoms with Gasteiger partial charge in [-0.15, -0.1) is 0 Å². The molecule has 0 spiro atoms. The second-order valence-electron chi connectivity index (χ2n) is 5.41. The van der Waals surface area contributed by atoms with Crippen molar-refractivity contribution in [3.05, 3.63) is 64.1 Å². The zero-order valence-corrected chi connectivity index (χ0v) is 14.6. The lowest BCUT2D eigenvalue weighted by molar-refractivity contribution is 0.0303. The van der Waals surface area contributed by atoms with Gasteiger partial charge in [0.1, 0.15) is 0 Å². The van der Waals surface area contributed by atoms with E-state index in [1.54, 1.807) is 53.4 Å². The van der Waals surface area contributed by atoms with Crippen LogP contribution in [0.2, 0.25) is 0 Å². The molecule has 2 aromatic rings. The number of carbonyl (C=O) groups excluding carboxylic acids is 2. The van der Waals surface area contributed by atoms with E-state index in [9.17, 15) is 9.59 Å². The van der Waals surface area contributed by atoms with E-state index in [2.05, 4.69) is 21.2 Å². The standard InChI is InChI=1S/C18H17BrN2O3/c19-14-7-5-13(6-8-14)17(22)20-16-4-2-1-3-15(16)18(23)21-9-11-24-12-10-21/h1-8H,9-12H2,(H,20,22). The molecule has 1 saturated heterocycles. The third kappa shape index (κ3) is 3.83. The van der Waals surface area contributed by atoms with Gasteiger partial charge < -0.3 is 15.0 Å². The van der Waals surface area contributed by atoms with Gasteiger partial charge >= 0.3 is 0 Å². The topological polar surface area (TPSA) is 58.6 Å². The number of anilines is 1. The van der Waals surface area contributed by atoms with Gasteiger partial charge in [0.15, 0.2) is 0 Å². The molecule has 0 radical (unpaired) electrons. The van der Waals surface area contributed by atoms with E-state index in [4.69, 9.17) is 4.74 Å². The Morgan fingerprint density at radius 1 is 1.00 bits per heavy atom. The molecule has 0 atom stereocenters. The molecule has 124 valence electrons. The first-order valence-electron chi connectivity index (χ1n) is 7.68. The maximum absolute atomic E-state index is 12.7. The predicted molar refractivity (Wildman–Crippen MR) is 95.3 cm³/mol. The van der Waals surface area contributed by atoms with E-state index in [-0.39, 0.29) is 11.8 Å². The second kappa shape index (κ2) is 7.59. The highest BCUT2D eigenvalue weighted by Crippen LogP contribution is 2.19. The first kappa shape index (κ1) is 16.7. The van der Waals surface area contributed by atoms with Crippen molar-refractivity contribution in [3.8, 4) is 0 Å². The van der Waals surface area contributed by atoms with Gasteiger partial charge in [-0.05, 0) is 36.4 Å². The van der Waals surface area contributed by atoms with Crippen molar-refractivity contribution in [2.75, 3.05) is 31.6 Å². The summed E-state index contributed by atoms with van der Waals surface area (Å²) in [5, 5.41) is 2.83. The summed E-state index contributed by atoms with van der Waals surface area (Å²) in [4.78, 5) is 26.8. The lowest BCUT2D eigenvalue weighted by Crippen LogP contribution is -2.41. The third-order valence-electron chi connectivity index (χ3n) is 3.81. The summed E-state index contributed by atoms with van der Waals surface area (Å²) in [5.74, 6) is -0.338. The molecule has 24 heavy (non-hydrogen) atoms. The van der Waals surface area contributed by atoms with Crippen molar-refractivity contribution in [2.45, 2.75) is 0 Å². The Bertz CT molecular complexity index is 740. The van der Waals surface area contributed by atoms with E-state index in [0.29, 0.717) is 43.1 Å². The number of carbonyl (C=O) groups is 2. The summed E-state index contributed by atoms with van der Waals surface area (Å²) in [5.41, 5.74) is 1.54. The number of benzene rings is 2. The molecule has 2 amide bonds. The number of hydrogen-bond acceptors (Lipinski definition) is 3. The molecule has 0 aromatic heterocycles. The lowest BCUT2D eigenvalue weighted by Gasteiger charge is -2.27. The molecule has 1 aliphatic rings. The van der Waals surface area contributed by atoms with Gasteiger partial charge in [0.25, 0.3) is 11.8 Å². The van der Waals surface area contributed by atoms with E-state index < -0.39 is 0 Å². The first-order chi connectivity index (χ1) is 11.6. The molecule has 2 aromatic carbocycles. The molecule has 1 aliphatic heterocycles. The monoisotopic (exact) mass is 388 g/mol. The van der Waals surface area contributed by atoms with Gasteiger partial charge in [-0.2, -0.15) is 0 Å². The number of rotatable bonds is 3. The number of morpholine rings is 1. The Morgan fingerprint density at radius 2 is 1.67 bits per heavy atom. The summed E-state index contributed by atoms with van der Waals surface area (Å²) in [6.45, 7) is 2.21. The van der Waals surface area contributed by atoms with Gasteiger partial charge in [-0.3, -0.25) is 9.59 Å². The molecule has 5 nitrogen and oxygen atoms in total. The molecular weight excluding hydrogens is 372 g/mol. The maximum Gasteiger partial charge on any atom is 0.256 e. The van der Waals surface area contributed by atoms with Crippen LogP contribution in [0.4, 0.5) is 5.69 Å². The minimum atomic E-state index is -0.246. The summed E-state index contributed by atoms with van der Waals surface area (Å²) in [6, 6.07) is 14.1. The van der Waals surface area contributed by atoms with Crippen molar-refractivity contribution in [3.63, 3.8) is 0 Å². The van der Waals surface area contributed by atoms with Gasteiger partial charge in [-0.25, -0.2) is 0 Å². The van der Waals surface area contributed by atoms with E-state index in [1.807, 2.05) is 0 Å². The maximum atomic E-state index is 12.7. The number of hydrogen-bond donors (Lipinski definition) is 1. The molecule has 0 unspecified atom stereocenters. The highest BCUT2D eigenvalue weighted by molar-refractivity contribution is 9.10. The molecule has 0 bridgehead atoms. The normalized spacial score (nSPS) is 14.3. The largest absolute Gasteiger partial charge is 0.378 e. The minimum Gasteiger partial charge on any atom is -0.378 e. The van der Waals surface area contributed by atoms with Crippen LogP contribution in [0.25, 0.3) is 0 Å². The van der Waals surface area contributed by atoms with E-state index in [1.165, 1.54) is 0 Å². The Kier molecular flexibility index (Phi) is 5.27. The van der Waals surface area contributed by atoms with Crippen LogP contribution in [0.15, 0.2) is 53.0 Å². The van der Waals surface area contributed by atoms with Crippen LogP contribution in [0, 0.1) is 0 Å². The average Bonchev–Trinajstić information content (AvgIpc) is 2.63. The summed E-state index contributed by atoms with van der Waals surface area (Å²) in [7, 11) is 0. The minimum absolute atomic E-state index is 0.0926. The molecular formula is C18H17BrN2O3. The van der Waals surface area contributed by atoms with Gasteiger partial charge in [0.2, 0.25) is 0 Å². The molecule has 3 rings (SSSR count). The van der Waals surface area contributed by atoms with Crippen LogP contribution in [-0.4, -0.2) is 43.0 Å². The van der Waals surface area contributed by atoms with Crippen LogP contribution in [0.3, 0.4) is 0 Å². The van der Waals surface area contributed by atoms with E-state index >= 15 is 0 Å². The number of amides is 2. The van der Waals surface area contributed by atoms with Crippen LogP contribution in [0.1, 0.15) is 20.7 Å². The average molecular weight is 389 g/mol. The van der Waals surface area contributed by atoms with Crippen LogP contribution in [0.5, 0.6) is 0 Å². The quantitative estimate of drug-likeness (QED) is 0.878. The molecule has 0 aliphatic carbocycles. The zero-order chi connectivity index (χ0) is 16.9. The number of halogens is 1. The fraction of sp³-hybridized carbons (Fsp3) is 0.222. The summed E-state index contributed by atoms with van der Waals surface area (Å²) >= 11 is 3.34. The molecule has 1 N–H and O–H groups in total. The van der Waals surface area contributed by atoms with Gasteiger partial charge in [0.05, 0.1) is 24.5 Å². The lowest BCUT2D eigenvalue weighted by atomic mass is 10.1. The number of para-hydroxylation sites is 1. The Hall–Kier alpha value is -2.18. The molecule has 6 heteroatoms.